The summed E-state index contributed by atoms with van der Waals surface area (Å²) in [6.07, 6.45) is 1.29. The van der Waals surface area contributed by atoms with Crippen LogP contribution in [0.15, 0.2) is 60.3 Å². The summed E-state index contributed by atoms with van der Waals surface area (Å²) < 4.78 is 9.61. The van der Waals surface area contributed by atoms with Crippen molar-refractivity contribution in [2.45, 2.75) is 13.5 Å². The number of carbonyl (C=O) groups is 3. The van der Waals surface area contributed by atoms with Crippen molar-refractivity contribution in [1.82, 2.24) is 5.32 Å². The van der Waals surface area contributed by atoms with Crippen molar-refractivity contribution >= 4 is 23.5 Å². The molecule has 0 radical (unpaired) electrons. The summed E-state index contributed by atoms with van der Waals surface area (Å²) in [7, 11) is 1.24. The van der Waals surface area contributed by atoms with E-state index < -0.39 is 17.8 Å². The number of hydrogen-bond acceptors (Lipinski definition) is 7. The van der Waals surface area contributed by atoms with Gasteiger partial charge in [-0.3, -0.25) is 4.79 Å². The number of benzene rings is 2. The Bertz CT molecular complexity index is 991. The Balaban J connectivity index is 2.01. The number of anilines is 1. The van der Waals surface area contributed by atoms with E-state index in [4.69, 9.17) is 4.74 Å². The van der Waals surface area contributed by atoms with Crippen LogP contribution in [0, 0.1) is 11.3 Å². The van der Waals surface area contributed by atoms with Crippen LogP contribution in [0.5, 0.6) is 0 Å². The molecule has 0 fully saturated rings. The number of esters is 2. The maximum atomic E-state index is 12.4. The number of nitriles is 1. The number of amides is 1. The number of nitrogens with zero attached hydrogens (tertiary/aromatic N) is 1. The Morgan fingerprint density at radius 3 is 2.40 bits per heavy atom. The van der Waals surface area contributed by atoms with Crippen molar-refractivity contribution in [3.05, 3.63) is 77.0 Å². The molecule has 2 N–H and O–H groups in total. The first-order chi connectivity index (χ1) is 14.5. The summed E-state index contributed by atoms with van der Waals surface area (Å²) in [5.41, 5.74) is 1.54. The Kier molecular flexibility index (Phi) is 8.15. The molecule has 8 nitrogen and oxygen atoms in total. The monoisotopic (exact) mass is 407 g/mol. The first kappa shape index (κ1) is 22.2. The van der Waals surface area contributed by atoms with Crippen molar-refractivity contribution in [3.8, 4) is 6.07 Å². The lowest BCUT2D eigenvalue weighted by atomic mass is 10.1. The topological polar surface area (TPSA) is 118 Å². The van der Waals surface area contributed by atoms with Gasteiger partial charge in [0.1, 0.15) is 11.6 Å². The van der Waals surface area contributed by atoms with E-state index in [1.165, 1.54) is 25.4 Å². The number of rotatable bonds is 8. The fourth-order valence-corrected chi connectivity index (χ4v) is 2.46. The molecule has 0 aromatic heterocycles. The molecule has 0 spiro atoms. The molecule has 2 rings (SSSR count). The molecule has 0 bridgehead atoms. The minimum atomic E-state index is -0.668. The van der Waals surface area contributed by atoms with Gasteiger partial charge in [0, 0.05) is 12.7 Å². The van der Waals surface area contributed by atoms with Crippen LogP contribution < -0.4 is 10.6 Å². The minimum Gasteiger partial charge on any atom is -0.465 e. The van der Waals surface area contributed by atoms with E-state index in [1.807, 2.05) is 6.07 Å². The van der Waals surface area contributed by atoms with Crippen LogP contribution in [0.2, 0.25) is 0 Å². The number of hydrogen-bond donors (Lipinski definition) is 2. The van der Waals surface area contributed by atoms with E-state index in [2.05, 4.69) is 15.4 Å². The fourth-order valence-electron chi connectivity index (χ4n) is 2.46. The second kappa shape index (κ2) is 11.0. The molecular weight excluding hydrogens is 386 g/mol. The van der Waals surface area contributed by atoms with Crippen molar-refractivity contribution in [3.63, 3.8) is 0 Å². The molecule has 0 atom stereocenters. The van der Waals surface area contributed by atoms with Crippen LogP contribution in [0.1, 0.15) is 33.2 Å². The highest BCUT2D eigenvalue weighted by molar-refractivity contribution is 6.09. The minimum absolute atomic E-state index is 0.169. The summed E-state index contributed by atoms with van der Waals surface area (Å²) in [4.78, 5) is 35.8. The van der Waals surface area contributed by atoms with Gasteiger partial charge in [0.25, 0.3) is 5.91 Å². The largest absolute Gasteiger partial charge is 0.465 e. The van der Waals surface area contributed by atoms with Crippen molar-refractivity contribution in [1.29, 1.82) is 5.26 Å². The van der Waals surface area contributed by atoms with E-state index in [-0.39, 0.29) is 16.8 Å². The average molecular weight is 407 g/mol. The number of ether oxygens (including phenoxy) is 2. The maximum absolute atomic E-state index is 12.4. The second-order valence-electron chi connectivity index (χ2n) is 5.96. The van der Waals surface area contributed by atoms with Crippen LogP contribution in [0.3, 0.4) is 0 Å². The lowest BCUT2D eigenvalue weighted by molar-refractivity contribution is -0.112. The molecular formula is C22H21N3O5. The molecule has 0 aliphatic rings. The molecule has 30 heavy (non-hydrogen) atoms. The zero-order chi connectivity index (χ0) is 21.9. The Hall–Kier alpha value is -4.12. The van der Waals surface area contributed by atoms with E-state index in [1.54, 1.807) is 43.3 Å². The highest BCUT2D eigenvalue weighted by Crippen LogP contribution is 2.17. The van der Waals surface area contributed by atoms with Gasteiger partial charge in [-0.1, -0.05) is 24.3 Å². The standard InChI is InChI=1S/C22H21N3O5/c1-3-30-21(27)16-10-8-15(9-11-16)13-24-14-17(12-23)20(26)25-19-7-5-4-6-18(19)22(28)29-2/h4-11,14,24H,3,13H2,1-2H3,(H,25,26)/b17-14-. The fraction of sp³-hybridized carbons (Fsp3) is 0.182. The lowest BCUT2D eigenvalue weighted by Crippen LogP contribution is -2.18. The molecule has 1 amide bonds. The van der Waals surface area contributed by atoms with Crippen LogP contribution in [-0.4, -0.2) is 31.6 Å². The normalized spacial score (nSPS) is 10.5. The van der Waals surface area contributed by atoms with Gasteiger partial charge in [0.05, 0.1) is 30.5 Å². The molecule has 0 saturated heterocycles. The van der Waals surface area contributed by atoms with Gasteiger partial charge in [-0.25, -0.2) is 9.59 Å². The predicted octanol–water partition coefficient (Wildman–Crippen LogP) is 2.79. The van der Waals surface area contributed by atoms with Crippen LogP contribution in [-0.2, 0) is 20.8 Å². The van der Waals surface area contributed by atoms with E-state index in [0.717, 1.165) is 5.56 Å². The zero-order valence-electron chi connectivity index (χ0n) is 16.6. The summed E-state index contributed by atoms with van der Waals surface area (Å²) in [6.45, 7) is 2.37. The summed E-state index contributed by atoms with van der Waals surface area (Å²) in [6, 6.07) is 14.9. The summed E-state index contributed by atoms with van der Waals surface area (Å²) >= 11 is 0. The molecule has 8 heteroatoms. The predicted molar refractivity (Wildman–Crippen MR) is 109 cm³/mol. The van der Waals surface area contributed by atoms with Gasteiger partial charge < -0.3 is 20.1 Å². The van der Waals surface area contributed by atoms with Gasteiger partial charge in [-0.15, -0.1) is 0 Å². The molecule has 0 heterocycles. The van der Waals surface area contributed by atoms with E-state index in [0.29, 0.717) is 18.7 Å². The van der Waals surface area contributed by atoms with Gasteiger partial charge in [-0.05, 0) is 36.8 Å². The first-order valence-electron chi connectivity index (χ1n) is 9.08. The Morgan fingerprint density at radius 2 is 1.77 bits per heavy atom. The number of nitrogens with one attached hydrogen (secondary N) is 2. The number of para-hydroxylation sites is 1. The van der Waals surface area contributed by atoms with Gasteiger partial charge in [0.15, 0.2) is 0 Å². The Labute approximate surface area is 174 Å². The van der Waals surface area contributed by atoms with Gasteiger partial charge in [0.2, 0.25) is 0 Å². The van der Waals surface area contributed by atoms with Crippen molar-refractivity contribution in [2.75, 3.05) is 19.0 Å². The molecule has 2 aromatic carbocycles. The zero-order valence-corrected chi connectivity index (χ0v) is 16.6. The van der Waals surface area contributed by atoms with Crippen LogP contribution >= 0.6 is 0 Å². The maximum Gasteiger partial charge on any atom is 0.339 e. The van der Waals surface area contributed by atoms with Crippen LogP contribution in [0.25, 0.3) is 0 Å². The van der Waals surface area contributed by atoms with Gasteiger partial charge in [-0.2, -0.15) is 5.26 Å². The molecule has 0 aliphatic heterocycles. The van der Waals surface area contributed by atoms with Crippen molar-refractivity contribution < 1.29 is 23.9 Å². The summed E-state index contributed by atoms with van der Waals surface area (Å²) in [5.74, 6) is -1.66. The molecule has 0 aliphatic carbocycles. The smallest absolute Gasteiger partial charge is 0.339 e. The van der Waals surface area contributed by atoms with Crippen LogP contribution in [0.4, 0.5) is 5.69 Å². The molecule has 0 unspecified atom stereocenters. The number of carbonyl (C=O) groups excluding carboxylic acids is 3. The highest BCUT2D eigenvalue weighted by atomic mass is 16.5. The van der Waals surface area contributed by atoms with E-state index >= 15 is 0 Å². The van der Waals surface area contributed by atoms with E-state index in [9.17, 15) is 19.6 Å². The highest BCUT2D eigenvalue weighted by Gasteiger charge is 2.15. The molecule has 2 aromatic rings. The molecule has 154 valence electrons. The SMILES string of the molecule is CCOC(=O)c1ccc(CN/C=C(/C#N)C(=O)Nc2ccccc2C(=O)OC)cc1. The van der Waals surface area contributed by atoms with Gasteiger partial charge >= 0.3 is 11.9 Å². The third-order valence-electron chi connectivity index (χ3n) is 3.96. The van der Waals surface area contributed by atoms with Crippen molar-refractivity contribution in [2.24, 2.45) is 0 Å². The third-order valence-corrected chi connectivity index (χ3v) is 3.96. The Morgan fingerprint density at radius 1 is 1.07 bits per heavy atom. The third kappa shape index (κ3) is 5.94. The average Bonchev–Trinajstić information content (AvgIpc) is 2.77. The summed E-state index contributed by atoms with van der Waals surface area (Å²) in [5, 5.41) is 14.7. The lowest BCUT2D eigenvalue weighted by Gasteiger charge is -2.09. The molecule has 0 saturated carbocycles. The number of methoxy groups -OCH3 is 1. The quantitative estimate of drug-likeness (QED) is 0.392. The first-order valence-corrected chi connectivity index (χ1v) is 9.08. The second-order valence-corrected chi connectivity index (χ2v) is 5.96.